The Bertz CT molecular complexity index is 454. The summed E-state index contributed by atoms with van der Waals surface area (Å²) in [6.07, 6.45) is -5.04. The molecule has 1 aliphatic heterocycles. The van der Waals surface area contributed by atoms with E-state index in [0.29, 0.717) is 10.6 Å². The number of alkyl halides is 4. The Morgan fingerprint density at radius 2 is 2.00 bits per heavy atom. The van der Waals surface area contributed by atoms with Crippen LogP contribution in [0, 0.1) is 0 Å². The van der Waals surface area contributed by atoms with Gasteiger partial charge in [-0.2, -0.15) is 13.2 Å². The monoisotopic (exact) mass is 297 g/mol. The molecule has 1 aromatic carbocycles. The molecule has 0 radical (unpaired) electrons. The number of hydrogen-bond donors (Lipinski definition) is 0. The van der Waals surface area contributed by atoms with Crippen LogP contribution < -0.4 is 0 Å². The van der Waals surface area contributed by atoms with Gasteiger partial charge in [0.05, 0.1) is 13.2 Å². The maximum absolute atomic E-state index is 13.7. The van der Waals surface area contributed by atoms with Gasteiger partial charge >= 0.3 is 12.0 Å². The summed E-state index contributed by atoms with van der Waals surface area (Å²) in [6.45, 7) is -0.764. The fraction of sp³-hybridized carbons (Fsp3) is 0.500. The number of benzene rings is 1. The van der Waals surface area contributed by atoms with Crippen LogP contribution in [0.5, 0.6) is 0 Å². The van der Waals surface area contributed by atoms with Crippen molar-refractivity contribution in [2.75, 3.05) is 19.7 Å². The predicted octanol–water partition coefficient (Wildman–Crippen LogP) is 3.40. The van der Waals surface area contributed by atoms with Gasteiger partial charge in [0.25, 0.3) is 0 Å². The molecular formula is C12H12ClF4NO. The topological polar surface area (TPSA) is 12.5 Å². The van der Waals surface area contributed by atoms with Crippen molar-refractivity contribution in [3.63, 3.8) is 0 Å². The number of nitrogens with zero attached hydrogens (tertiary/aromatic N) is 1. The average Bonchev–Trinajstić information content (AvgIpc) is 2.31. The number of halogens is 5. The predicted molar refractivity (Wildman–Crippen MR) is 62.6 cm³/mol. The highest BCUT2D eigenvalue weighted by molar-refractivity contribution is 6.31. The van der Waals surface area contributed by atoms with E-state index in [4.69, 9.17) is 11.6 Å². The molecule has 1 aromatic rings. The van der Waals surface area contributed by atoms with Crippen LogP contribution in [-0.2, 0) is 11.3 Å². The van der Waals surface area contributed by atoms with Crippen molar-refractivity contribution in [2.45, 2.75) is 18.6 Å². The lowest BCUT2D eigenvalue weighted by atomic mass is 10.1. The first kappa shape index (κ1) is 14.6. The summed E-state index contributed by atoms with van der Waals surface area (Å²) < 4.78 is 55.7. The van der Waals surface area contributed by atoms with Crippen molar-refractivity contribution in [3.05, 3.63) is 34.9 Å². The van der Waals surface area contributed by atoms with Gasteiger partial charge in [0.2, 0.25) is 0 Å². The molecule has 0 N–H and O–H groups in total. The third kappa shape index (κ3) is 3.19. The quantitative estimate of drug-likeness (QED) is 0.776. The van der Waals surface area contributed by atoms with Crippen molar-refractivity contribution in [2.24, 2.45) is 0 Å². The van der Waals surface area contributed by atoms with Crippen LogP contribution in [0.1, 0.15) is 5.56 Å². The second kappa shape index (κ2) is 5.26. The van der Waals surface area contributed by atoms with Crippen LogP contribution in [-0.4, -0.2) is 36.6 Å². The summed E-state index contributed by atoms with van der Waals surface area (Å²) in [5.74, 6) is -3.60. The second-order valence-corrected chi connectivity index (χ2v) is 4.78. The van der Waals surface area contributed by atoms with E-state index in [1.165, 1.54) is 4.90 Å². The number of ether oxygens (including phenoxy) is 1. The highest BCUT2D eigenvalue weighted by atomic mass is 35.5. The SMILES string of the molecule is FC(F)(F)C1(F)CN(Cc2ccccc2Cl)CCO1. The zero-order valence-electron chi connectivity index (χ0n) is 9.88. The van der Waals surface area contributed by atoms with Crippen molar-refractivity contribution >= 4 is 11.6 Å². The molecule has 106 valence electrons. The van der Waals surface area contributed by atoms with E-state index in [-0.39, 0.29) is 19.7 Å². The Morgan fingerprint density at radius 1 is 1.32 bits per heavy atom. The summed E-state index contributed by atoms with van der Waals surface area (Å²) in [5, 5.41) is 0.449. The molecule has 0 aromatic heterocycles. The normalized spacial score (nSPS) is 25.5. The number of morpholine rings is 1. The van der Waals surface area contributed by atoms with Gasteiger partial charge in [-0.15, -0.1) is 0 Å². The van der Waals surface area contributed by atoms with Crippen molar-refractivity contribution in [3.8, 4) is 0 Å². The molecule has 0 saturated carbocycles. The number of hydrogen-bond acceptors (Lipinski definition) is 2. The molecule has 1 unspecified atom stereocenters. The minimum absolute atomic E-state index is 0.158. The summed E-state index contributed by atoms with van der Waals surface area (Å²) in [7, 11) is 0. The van der Waals surface area contributed by atoms with Gasteiger partial charge in [-0.25, -0.2) is 4.39 Å². The lowest BCUT2D eigenvalue weighted by Crippen LogP contribution is -2.56. The Labute approximate surface area is 112 Å². The zero-order valence-corrected chi connectivity index (χ0v) is 10.6. The van der Waals surface area contributed by atoms with Gasteiger partial charge in [-0.05, 0) is 11.6 Å². The van der Waals surface area contributed by atoms with Crippen LogP contribution in [0.15, 0.2) is 24.3 Å². The van der Waals surface area contributed by atoms with Crippen LogP contribution in [0.3, 0.4) is 0 Å². The molecule has 0 spiro atoms. The molecule has 1 heterocycles. The van der Waals surface area contributed by atoms with Crippen molar-refractivity contribution < 1.29 is 22.3 Å². The van der Waals surface area contributed by atoms with E-state index >= 15 is 0 Å². The fourth-order valence-electron chi connectivity index (χ4n) is 1.92. The molecule has 1 saturated heterocycles. The average molecular weight is 298 g/mol. The maximum atomic E-state index is 13.7. The second-order valence-electron chi connectivity index (χ2n) is 4.38. The first-order valence-corrected chi connectivity index (χ1v) is 6.05. The van der Waals surface area contributed by atoms with Gasteiger partial charge in [-0.1, -0.05) is 29.8 Å². The molecule has 0 amide bonds. The molecule has 7 heteroatoms. The molecule has 0 bridgehead atoms. The zero-order chi connectivity index (χ0) is 14.1. The smallest absolute Gasteiger partial charge is 0.337 e. The Kier molecular flexibility index (Phi) is 4.03. The van der Waals surface area contributed by atoms with Gasteiger partial charge in [0, 0.05) is 18.1 Å². The van der Waals surface area contributed by atoms with E-state index < -0.39 is 18.6 Å². The van der Waals surface area contributed by atoms with Crippen LogP contribution in [0.25, 0.3) is 0 Å². The third-order valence-electron chi connectivity index (χ3n) is 2.94. The lowest BCUT2D eigenvalue weighted by Gasteiger charge is -2.38. The van der Waals surface area contributed by atoms with E-state index in [0.717, 1.165) is 0 Å². The summed E-state index contributed by atoms with van der Waals surface area (Å²) in [4.78, 5) is 1.35. The lowest BCUT2D eigenvalue weighted by molar-refractivity contribution is -0.349. The molecule has 1 atom stereocenters. The highest BCUT2D eigenvalue weighted by Crippen LogP contribution is 2.38. The Balaban J connectivity index is 2.09. The van der Waals surface area contributed by atoms with Crippen molar-refractivity contribution in [1.29, 1.82) is 0 Å². The molecule has 1 aliphatic rings. The van der Waals surface area contributed by atoms with E-state index in [1.54, 1.807) is 24.3 Å². The van der Waals surface area contributed by atoms with Crippen LogP contribution in [0.4, 0.5) is 17.6 Å². The van der Waals surface area contributed by atoms with E-state index in [1.807, 2.05) is 0 Å². The Morgan fingerprint density at radius 3 is 2.63 bits per heavy atom. The van der Waals surface area contributed by atoms with Gasteiger partial charge in [-0.3, -0.25) is 4.90 Å². The van der Waals surface area contributed by atoms with Gasteiger partial charge < -0.3 is 4.74 Å². The first-order chi connectivity index (χ1) is 8.82. The molecular weight excluding hydrogens is 286 g/mol. The van der Waals surface area contributed by atoms with Crippen molar-refractivity contribution in [1.82, 2.24) is 4.90 Å². The van der Waals surface area contributed by atoms with E-state index in [2.05, 4.69) is 4.74 Å². The highest BCUT2D eigenvalue weighted by Gasteiger charge is 2.59. The van der Waals surface area contributed by atoms with Gasteiger partial charge in [0.1, 0.15) is 0 Å². The van der Waals surface area contributed by atoms with Crippen LogP contribution >= 0.6 is 11.6 Å². The summed E-state index contributed by atoms with van der Waals surface area (Å²) in [6, 6.07) is 6.80. The van der Waals surface area contributed by atoms with E-state index in [9.17, 15) is 17.6 Å². The number of rotatable bonds is 2. The maximum Gasteiger partial charge on any atom is 0.449 e. The molecule has 1 fully saturated rings. The van der Waals surface area contributed by atoms with Crippen LogP contribution in [0.2, 0.25) is 5.02 Å². The summed E-state index contributed by atoms with van der Waals surface area (Å²) in [5.41, 5.74) is 0.663. The largest absolute Gasteiger partial charge is 0.449 e. The summed E-state index contributed by atoms with van der Waals surface area (Å²) >= 11 is 5.93. The molecule has 19 heavy (non-hydrogen) atoms. The molecule has 2 nitrogen and oxygen atoms in total. The minimum Gasteiger partial charge on any atom is -0.337 e. The Hall–Kier alpha value is -0.850. The minimum atomic E-state index is -5.04. The standard InChI is InChI=1S/C12H12ClF4NO/c13-10-4-2-1-3-9(10)7-18-5-6-19-11(14,8-18)12(15,16)17/h1-4H,5-8H2. The third-order valence-corrected chi connectivity index (χ3v) is 3.31. The first-order valence-electron chi connectivity index (χ1n) is 5.67. The molecule has 2 rings (SSSR count). The van der Waals surface area contributed by atoms with Gasteiger partial charge in [0.15, 0.2) is 0 Å². The molecule has 0 aliphatic carbocycles. The fourth-order valence-corrected chi connectivity index (χ4v) is 2.12.